The molecule has 1 saturated carbocycles. The molecular formula is C17H30O5Si. The summed E-state index contributed by atoms with van der Waals surface area (Å²) in [6.45, 7) is 2.34. The molecule has 0 amide bonds. The molecule has 3 heterocycles. The van der Waals surface area contributed by atoms with Gasteiger partial charge in [0, 0.05) is 12.7 Å². The maximum Gasteiger partial charge on any atom is 0.502 e. The minimum Gasteiger partial charge on any atom is -0.379 e. The summed E-state index contributed by atoms with van der Waals surface area (Å²) in [5.41, 5.74) is 0. The molecule has 6 heteroatoms. The van der Waals surface area contributed by atoms with Gasteiger partial charge >= 0.3 is 8.80 Å². The van der Waals surface area contributed by atoms with Crippen LogP contribution in [0.3, 0.4) is 0 Å². The summed E-state index contributed by atoms with van der Waals surface area (Å²) in [5.74, 6) is 0. The zero-order valence-corrected chi connectivity index (χ0v) is 15.0. The van der Waals surface area contributed by atoms with Gasteiger partial charge in [0.25, 0.3) is 0 Å². The Hall–Kier alpha value is 0.0169. The van der Waals surface area contributed by atoms with Crippen molar-refractivity contribution in [2.75, 3.05) is 19.8 Å². The van der Waals surface area contributed by atoms with Gasteiger partial charge in [0.2, 0.25) is 0 Å². The molecule has 1 aliphatic carbocycles. The first-order valence-electron chi connectivity index (χ1n) is 9.57. The van der Waals surface area contributed by atoms with Gasteiger partial charge < -0.3 is 22.8 Å². The number of epoxide rings is 1. The molecule has 4 rings (SSSR count). The highest BCUT2D eigenvalue weighted by atomic mass is 28.4. The van der Waals surface area contributed by atoms with E-state index >= 15 is 0 Å². The quantitative estimate of drug-likeness (QED) is 0.422. The second-order valence-electron chi connectivity index (χ2n) is 7.41. The van der Waals surface area contributed by atoms with E-state index in [2.05, 4.69) is 0 Å². The van der Waals surface area contributed by atoms with Crippen LogP contribution < -0.4 is 0 Å². The molecule has 5 nitrogen and oxygen atoms in total. The average molecular weight is 343 g/mol. The van der Waals surface area contributed by atoms with Crippen LogP contribution in [0.5, 0.6) is 0 Å². The van der Waals surface area contributed by atoms with E-state index in [9.17, 15) is 0 Å². The summed E-state index contributed by atoms with van der Waals surface area (Å²) in [4.78, 5) is 0. The van der Waals surface area contributed by atoms with Gasteiger partial charge in [-0.1, -0.05) is 38.5 Å². The highest BCUT2D eigenvalue weighted by molar-refractivity contribution is 6.62. The number of hydrogen-bond acceptors (Lipinski definition) is 5. The molecule has 0 spiro atoms. The normalized spacial score (nSPS) is 43.3. The summed E-state index contributed by atoms with van der Waals surface area (Å²) in [6.07, 6.45) is 12.3. The van der Waals surface area contributed by atoms with Crippen LogP contribution in [0.15, 0.2) is 0 Å². The van der Waals surface area contributed by atoms with E-state index in [0.29, 0.717) is 18.3 Å². The molecule has 4 aliphatic rings. The number of fused-ring (bicyclic) bond motifs is 1. The lowest BCUT2D eigenvalue weighted by molar-refractivity contribution is 0.0124. The summed E-state index contributed by atoms with van der Waals surface area (Å²) in [5, 5.41) is 0. The fraction of sp³-hybridized carbons (Fsp3) is 1.00. The van der Waals surface area contributed by atoms with Crippen molar-refractivity contribution >= 4 is 8.80 Å². The Morgan fingerprint density at radius 2 is 1.52 bits per heavy atom. The van der Waals surface area contributed by atoms with Gasteiger partial charge in [-0.2, -0.15) is 0 Å². The molecule has 23 heavy (non-hydrogen) atoms. The second-order valence-corrected chi connectivity index (χ2v) is 9.98. The standard InChI is InChI=1S/C17H30O5Si/c1-2-4-6-9-16-17-15(8-5-3-1)20-23(21-16,22-17)11-7-10-18-12-14-13-19-14/h14-17H,1-13H2. The fourth-order valence-corrected chi connectivity index (χ4v) is 7.31. The maximum absolute atomic E-state index is 6.35. The van der Waals surface area contributed by atoms with Gasteiger partial charge in [-0.3, -0.25) is 0 Å². The topological polar surface area (TPSA) is 49.5 Å². The Kier molecular flexibility index (Phi) is 5.37. The van der Waals surface area contributed by atoms with Gasteiger partial charge in [0.1, 0.15) is 6.10 Å². The molecule has 3 atom stereocenters. The maximum atomic E-state index is 6.35. The van der Waals surface area contributed by atoms with Gasteiger partial charge in [-0.15, -0.1) is 0 Å². The Balaban J connectivity index is 1.28. The summed E-state index contributed by atoms with van der Waals surface area (Å²) < 4.78 is 29.8. The minimum atomic E-state index is -2.41. The number of rotatable bonds is 6. The van der Waals surface area contributed by atoms with E-state index in [1.165, 1.54) is 38.5 Å². The van der Waals surface area contributed by atoms with E-state index in [0.717, 1.165) is 45.1 Å². The van der Waals surface area contributed by atoms with Crippen LogP contribution in [0, 0.1) is 0 Å². The van der Waals surface area contributed by atoms with Gasteiger partial charge in [-0.25, -0.2) is 0 Å². The van der Waals surface area contributed by atoms with Crippen LogP contribution in [0.4, 0.5) is 0 Å². The number of ether oxygens (including phenoxy) is 2. The third-order valence-electron chi connectivity index (χ3n) is 5.42. The van der Waals surface area contributed by atoms with Crippen LogP contribution in [0.2, 0.25) is 6.04 Å². The molecule has 3 aliphatic heterocycles. The Bertz CT molecular complexity index is 364. The predicted octanol–water partition coefficient (Wildman–Crippen LogP) is 3.05. The predicted molar refractivity (Wildman–Crippen MR) is 87.3 cm³/mol. The lowest BCUT2D eigenvalue weighted by Gasteiger charge is -2.30. The van der Waals surface area contributed by atoms with Crippen molar-refractivity contribution in [2.24, 2.45) is 0 Å². The van der Waals surface area contributed by atoms with Crippen LogP contribution in [0.25, 0.3) is 0 Å². The summed E-state index contributed by atoms with van der Waals surface area (Å²) in [6, 6.07) is 0.905. The first-order chi connectivity index (χ1) is 11.3. The summed E-state index contributed by atoms with van der Waals surface area (Å²) >= 11 is 0. The molecule has 132 valence electrons. The van der Waals surface area contributed by atoms with Gasteiger partial charge in [-0.05, 0) is 19.3 Å². The van der Waals surface area contributed by atoms with Crippen molar-refractivity contribution < 1.29 is 22.8 Å². The summed E-state index contributed by atoms with van der Waals surface area (Å²) in [7, 11) is -2.41. The molecule has 0 N–H and O–H groups in total. The van der Waals surface area contributed by atoms with E-state index < -0.39 is 8.80 Å². The van der Waals surface area contributed by atoms with Crippen molar-refractivity contribution in [3.63, 3.8) is 0 Å². The second kappa shape index (κ2) is 7.50. The molecule has 0 aromatic heterocycles. The van der Waals surface area contributed by atoms with Crippen LogP contribution in [0.1, 0.15) is 57.8 Å². The van der Waals surface area contributed by atoms with E-state index in [1.54, 1.807) is 0 Å². The SMILES string of the molecule is C1CCCCC2O[Si]3(CCCOCC4CO4)OC(CCC1)C2O3. The van der Waals surface area contributed by atoms with E-state index in [1.807, 2.05) is 0 Å². The first-order valence-corrected chi connectivity index (χ1v) is 11.5. The smallest absolute Gasteiger partial charge is 0.379 e. The first kappa shape index (κ1) is 16.5. The van der Waals surface area contributed by atoms with Gasteiger partial charge in [0.05, 0.1) is 31.5 Å². The fourth-order valence-electron chi connectivity index (χ4n) is 4.07. The van der Waals surface area contributed by atoms with Crippen LogP contribution in [-0.4, -0.2) is 53.0 Å². The monoisotopic (exact) mass is 342 g/mol. The van der Waals surface area contributed by atoms with Crippen molar-refractivity contribution in [1.82, 2.24) is 0 Å². The molecule has 2 bridgehead atoms. The minimum absolute atomic E-state index is 0.209. The lowest BCUT2D eigenvalue weighted by atomic mass is 10.00. The average Bonchev–Trinajstić information content (AvgIpc) is 3.22. The molecular weight excluding hydrogens is 312 g/mol. The van der Waals surface area contributed by atoms with Crippen molar-refractivity contribution in [3.8, 4) is 0 Å². The Morgan fingerprint density at radius 3 is 2.17 bits per heavy atom. The largest absolute Gasteiger partial charge is 0.502 e. The molecule has 0 aromatic carbocycles. The van der Waals surface area contributed by atoms with Gasteiger partial charge in [0.15, 0.2) is 0 Å². The zero-order valence-electron chi connectivity index (χ0n) is 14.0. The molecule has 0 radical (unpaired) electrons. The number of hydrogen-bond donors (Lipinski definition) is 0. The molecule has 0 aromatic rings. The highest BCUT2D eigenvalue weighted by Gasteiger charge is 2.62. The Labute approximate surface area is 140 Å². The van der Waals surface area contributed by atoms with E-state index in [-0.39, 0.29) is 6.10 Å². The third kappa shape index (κ3) is 4.17. The van der Waals surface area contributed by atoms with Crippen molar-refractivity contribution in [1.29, 1.82) is 0 Å². The van der Waals surface area contributed by atoms with Crippen molar-refractivity contribution in [3.05, 3.63) is 0 Å². The van der Waals surface area contributed by atoms with Crippen molar-refractivity contribution in [2.45, 2.75) is 88.2 Å². The van der Waals surface area contributed by atoms with Crippen LogP contribution >= 0.6 is 0 Å². The third-order valence-corrected chi connectivity index (χ3v) is 8.34. The molecule has 3 unspecified atom stereocenters. The molecule has 4 fully saturated rings. The highest BCUT2D eigenvalue weighted by Crippen LogP contribution is 2.44. The molecule has 3 saturated heterocycles. The van der Waals surface area contributed by atoms with E-state index in [4.69, 9.17) is 22.8 Å². The lowest BCUT2D eigenvalue weighted by Crippen LogP contribution is -2.46. The van der Waals surface area contributed by atoms with Crippen LogP contribution in [-0.2, 0) is 22.8 Å². The Morgan fingerprint density at radius 1 is 0.870 bits per heavy atom. The zero-order chi connectivity index (χ0) is 15.5.